The Balaban J connectivity index is 1.45. The number of rotatable bonds is 7. The Morgan fingerprint density at radius 1 is 1.06 bits per heavy atom. The van der Waals surface area contributed by atoms with Crippen LogP contribution in [0.4, 0.5) is 0 Å². The maximum absolute atomic E-state index is 12.8. The first-order valence-electron chi connectivity index (χ1n) is 10.0. The number of hydrogen-bond acceptors (Lipinski definition) is 5. The highest BCUT2D eigenvalue weighted by molar-refractivity contribution is 5.92. The van der Waals surface area contributed by atoms with Gasteiger partial charge in [-0.3, -0.25) is 9.59 Å². The van der Waals surface area contributed by atoms with Crippen LogP contribution in [0.1, 0.15) is 39.6 Å². The Morgan fingerprint density at radius 2 is 1.81 bits per heavy atom. The molecule has 0 radical (unpaired) electrons. The van der Waals surface area contributed by atoms with Crippen molar-refractivity contribution in [2.75, 3.05) is 14.2 Å². The highest BCUT2D eigenvalue weighted by Crippen LogP contribution is 2.39. The summed E-state index contributed by atoms with van der Waals surface area (Å²) in [5.41, 5.74) is 2.90. The SMILES string of the molecule is COc1cc2c(cc1OC)[C@@H](NC(=O)c1cc(=O)c(OCc3ccccc3)c[nH]1)CC2. The van der Waals surface area contributed by atoms with Crippen LogP contribution in [-0.4, -0.2) is 25.1 Å². The number of aromatic amines is 1. The summed E-state index contributed by atoms with van der Waals surface area (Å²) in [5, 5.41) is 3.00. The summed E-state index contributed by atoms with van der Waals surface area (Å²) in [6, 6.07) is 14.5. The van der Waals surface area contributed by atoms with Crippen LogP contribution < -0.4 is 25.0 Å². The van der Waals surface area contributed by atoms with Crippen molar-refractivity contribution in [3.05, 3.63) is 87.3 Å². The number of hydrogen-bond donors (Lipinski definition) is 2. The van der Waals surface area contributed by atoms with Gasteiger partial charge in [-0.1, -0.05) is 30.3 Å². The molecular formula is C24H24N2O5. The highest BCUT2D eigenvalue weighted by atomic mass is 16.5. The van der Waals surface area contributed by atoms with Crippen molar-refractivity contribution in [1.82, 2.24) is 10.3 Å². The summed E-state index contributed by atoms with van der Waals surface area (Å²) in [7, 11) is 3.18. The van der Waals surface area contributed by atoms with Crippen LogP contribution in [0.5, 0.6) is 17.2 Å². The standard InChI is InChI=1S/C24H24N2O5/c1-29-21-10-16-8-9-18(17(16)11-22(21)30-2)26-24(28)19-12-20(27)23(13-25-19)31-14-15-6-4-3-5-7-15/h3-7,10-13,18H,8-9,14H2,1-2H3,(H,25,27)(H,26,28)/t18-/m0/s1. The molecule has 160 valence electrons. The van der Waals surface area contributed by atoms with E-state index >= 15 is 0 Å². The van der Waals surface area contributed by atoms with Crippen molar-refractivity contribution in [2.24, 2.45) is 0 Å². The van der Waals surface area contributed by atoms with Crippen molar-refractivity contribution >= 4 is 5.91 Å². The molecule has 2 N–H and O–H groups in total. The summed E-state index contributed by atoms with van der Waals surface area (Å²) in [6.07, 6.45) is 3.01. The fourth-order valence-corrected chi connectivity index (χ4v) is 3.76. The molecule has 1 aromatic heterocycles. The number of carbonyl (C=O) groups is 1. The van der Waals surface area contributed by atoms with E-state index in [2.05, 4.69) is 10.3 Å². The van der Waals surface area contributed by atoms with Crippen LogP contribution in [0.25, 0.3) is 0 Å². The number of ether oxygens (including phenoxy) is 3. The Hall–Kier alpha value is -3.74. The largest absolute Gasteiger partial charge is 0.493 e. The molecule has 7 nitrogen and oxygen atoms in total. The van der Waals surface area contributed by atoms with Gasteiger partial charge in [0.2, 0.25) is 5.43 Å². The van der Waals surface area contributed by atoms with E-state index in [1.54, 1.807) is 14.2 Å². The van der Waals surface area contributed by atoms with Gasteiger partial charge in [0.1, 0.15) is 12.3 Å². The molecule has 0 saturated heterocycles. The summed E-state index contributed by atoms with van der Waals surface area (Å²) in [4.78, 5) is 28.0. The third-order valence-electron chi connectivity index (χ3n) is 5.39. The molecule has 0 fully saturated rings. The molecule has 1 aliphatic carbocycles. The van der Waals surface area contributed by atoms with E-state index in [1.807, 2.05) is 42.5 Å². The zero-order valence-electron chi connectivity index (χ0n) is 17.4. The summed E-state index contributed by atoms with van der Waals surface area (Å²) < 4.78 is 16.3. The molecule has 0 aliphatic heterocycles. The molecule has 7 heteroatoms. The number of amides is 1. The molecule has 0 bridgehead atoms. The number of benzene rings is 2. The third kappa shape index (κ3) is 4.40. The van der Waals surface area contributed by atoms with E-state index in [4.69, 9.17) is 14.2 Å². The third-order valence-corrected chi connectivity index (χ3v) is 5.39. The fraction of sp³-hybridized carbons (Fsp3) is 0.250. The normalized spacial score (nSPS) is 14.6. The second-order valence-corrected chi connectivity index (χ2v) is 7.32. The Labute approximate surface area is 180 Å². The average molecular weight is 420 g/mol. The van der Waals surface area contributed by atoms with E-state index in [-0.39, 0.29) is 35.4 Å². The lowest BCUT2D eigenvalue weighted by Gasteiger charge is -2.16. The van der Waals surface area contributed by atoms with Gasteiger partial charge in [-0.2, -0.15) is 0 Å². The number of aromatic nitrogens is 1. The molecule has 1 aliphatic rings. The number of fused-ring (bicyclic) bond motifs is 1. The quantitative estimate of drug-likeness (QED) is 0.612. The molecule has 0 unspecified atom stereocenters. The zero-order valence-corrected chi connectivity index (χ0v) is 17.4. The summed E-state index contributed by atoms with van der Waals surface area (Å²) >= 11 is 0. The minimum absolute atomic E-state index is 0.167. The van der Waals surface area contributed by atoms with Gasteiger partial charge in [0.25, 0.3) is 5.91 Å². The van der Waals surface area contributed by atoms with E-state index in [1.165, 1.54) is 12.3 Å². The van der Waals surface area contributed by atoms with E-state index in [9.17, 15) is 9.59 Å². The summed E-state index contributed by atoms with van der Waals surface area (Å²) in [6.45, 7) is 0.277. The van der Waals surface area contributed by atoms with Crippen LogP contribution >= 0.6 is 0 Å². The van der Waals surface area contributed by atoms with Gasteiger partial charge in [0, 0.05) is 12.3 Å². The molecule has 1 atom stereocenters. The second-order valence-electron chi connectivity index (χ2n) is 7.32. The Morgan fingerprint density at radius 3 is 2.52 bits per heavy atom. The number of aryl methyl sites for hydroxylation is 1. The van der Waals surface area contributed by atoms with Gasteiger partial charge in [0.05, 0.1) is 20.3 Å². The molecule has 4 rings (SSSR count). The van der Waals surface area contributed by atoms with Gasteiger partial charge in [-0.25, -0.2) is 0 Å². The minimum Gasteiger partial charge on any atom is -0.493 e. The Kier molecular flexibility index (Phi) is 5.93. The monoisotopic (exact) mass is 420 g/mol. The number of methoxy groups -OCH3 is 2. The molecule has 2 aromatic carbocycles. The molecule has 31 heavy (non-hydrogen) atoms. The van der Waals surface area contributed by atoms with Crippen molar-refractivity contribution in [2.45, 2.75) is 25.5 Å². The average Bonchev–Trinajstić information content (AvgIpc) is 3.19. The number of pyridine rings is 1. The zero-order chi connectivity index (χ0) is 21.8. The topological polar surface area (TPSA) is 89.7 Å². The van der Waals surface area contributed by atoms with Crippen molar-refractivity contribution < 1.29 is 19.0 Å². The van der Waals surface area contributed by atoms with Crippen LogP contribution in [-0.2, 0) is 13.0 Å². The Bertz CT molecular complexity index is 1140. The maximum Gasteiger partial charge on any atom is 0.268 e. The van der Waals surface area contributed by atoms with Crippen LogP contribution in [0.15, 0.2) is 59.5 Å². The number of H-pyrrole nitrogens is 1. The number of carbonyl (C=O) groups excluding carboxylic acids is 1. The minimum atomic E-state index is -0.349. The lowest BCUT2D eigenvalue weighted by Crippen LogP contribution is -2.29. The van der Waals surface area contributed by atoms with Crippen molar-refractivity contribution in [3.63, 3.8) is 0 Å². The van der Waals surface area contributed by atoms with Gasteiger partial charge in [-0.05, 0) is 41.7 Å². The first-order chi connectivity index (χ1) is 15.1. The number of nitrogens with one attached hydrogen (secondary N) is 2. The molecule has 1 heterocycles. The van der Waals surface area contributed by atoms with E-state index in [0.29, 0.717) is 11.5 Å². The molecular weight excluding hydrogens is 396 g/mol. The van der Waals surface area contributed by atoms with Gasteiger partial charge < -0.3 is 24.5 Å². The smallest absolute Gasteiger partial charge is 0.268 e. The second kappa shape index (κ2) is 8.95. The van der Waals surface area contributed by atoms with Gasteiger partial charge in [-0.15, -0.1) is 0 Å². The first-order valence-corrected chi connectivity index (χ1v) is 10.0. The predicted molar refractivity (Wildman–Crippen MR) is 116 cm³/mol. The molecule has 0 spiro atoms. The fourth-order valence-electron chi connectivity index (χ4n) is 3.76. The van der Waals surface area contributed by atoms with Crippen LogP contribution in [0.2, 0.25) is 0 Å². The van der Waals surface area contributed by atoms with E-state index < -0.39 is 0 Å². The lowest BCUT2D eigenvalue weighted by atomic mass is 10.1. The molecule has 0 saturated carbocycles. The lowest BCUT2D eigenvalue weighted by molar-refractivity contribution is 0.0931. The summed E-state index contributed by atoms with van der Waals surface area (Å²) in [5.74, 6) is 1.11. The molecule has 1 amide bonds. The van der Waals surface area contributed by atoms with Gasteiger partial charge in [0.15, 0.2) is 17.2 Å². The maximum atomic E-state index is 12.8. The molecule has 3 aromatic rings. The highest BCUT2D eigenvalue weighted by Gasteiger charge is 2.27. The van der Waals surface area contributed by atoms with Gasteiger partial charge >= 0.3 is 0 Å². The predicted octanol–water partition coefficient (Wildman–Crippen LogP) is 3.39. The van der Waals surface area contributed by atoms with Crippen LogP contribution in [0.3, 0.4) is 0 Å². The van der Waals surface area contributed by atoms with Crippen LogP contribution in [0, 0.1) is 0 Å². The van der Waals surface area contributed by atoms with Crippen molar-refractivity contribution in [3.8, 4) is 17.2 Å². The van der Waals surface area contributed by atoms with E-state index in [0.717, 1.165) is 29.5 Å². The first kappa shape index (κ1) is 20.5. The van der Waals surface area contributed by atoms with Crippen molar-refractivity contribution in [1.29, 1.82) is 0 Å².